The van der Waals surface area contributed by atoms with Gasteiger partial charge >= 0.3 is 0 Å². The van der Waals surface area contributed by atoms with E-state index in [0.717, 1.165) is 17.5 Å². The van der Waals surface area contributed by atoms with Gasteiger partial charge in [0.05, 0.1) is 29.3 Å². The van der Waals surface area contributed by atoms with Crippen LogP contribution in [0.2, 0.25) is 0 Å². The van der Waals surface area contributed by atoms with Gasteiger partial charge in [0.1, 0.15) is 10.8 Å². The zero-order valence-corrected chi connectivity index (χ0v) is 21.6. The first-order valence-corrected chi connectivity index (χ1v) is 12.8. The van der Waals surface area contributed by atoms with Gasteiger partial charge in [-0.15, -0.1) is 11.3 Å². The summed E-state index contributed by atoms with van der Waals surface area (Å²) in [7, 11) is 1.54. The minimum atomic E-state index is -0.870. The quantitative estimate of drug-likeness (QED) is 0.288. The number of para-hydroxylation sites is 1. The molecule has 2 heterocycles. The SMILES string of the molecule is CCc1ccc(N2C(=O)C(O)=C(C(=O)c3sc(-c4ccccc4)nc3C)C2c2ccccc2OC)cc1. The molecule has 1 aliphatic rings. The largest absolute Gasteiger partial charge is 0.503 e. The number of hydrogen-bond donors (Lipinski definition) is 1. The van der Waals surface area contributed by atoms with Gasteiger partial charge in [-0.2, -0.15) is 0 Å². The van der Waals surface area contributed by atoms with Crippen molar-refractivity contribution in [3.05, 3.63) is 112 Å². The van der Waals surface area contributed by atoms with Crippen LogP contribution in [-0.4, -0.2) is 28.9 Å². The molecule has 1 amide bonds. The van der Waals surface area contributed by atoms with E-state index < -0.39 is 23.5 Å². The number of aromatic nitrogens is 1. The molecule has 1 aliphatic heterocycles. The van der Waals surface area contributed by atoms with Crippen LogP contribution in [0.5, 0.6) is 5.75 Å². The fourth-order valence-corrected chi connectivity index (χ4v) is 5.64. The van der Waals surface area contributed by atoms with Crippen LogP contribution in [0.15, 0.2) is 90.2 Å². The number of aliphatic hydroxyl groups excluding tert-OH is 1. The van der Waals surface area contributed by atoms with Gasteiger partial charge in [0.25, 0.3) is 5.91 Å². The molecule has 0 aliphatic carbocycles. The molecule has 1 N–H and O–H groups in total. The van der Waals surface area contributed by atoms with E-state index in [1.807, 2.05) is 72.8 Å². The van der Waals surface area contributed by atoms with Crippen molar-refractivity contribution < 1.29 is 19.4 Å². The van der Waals surface area contributed by atoms with E-state index >= 15 is 0 Å². The number of amides is 1. The van der Waals surface area contributed by atoms with Crippen LogP contribution in [0, 0.1) is 6.92 Å². The summed E-state index contributed by atoms with van der Waals surface area (Å²) in [6.07, 6.45) is 0.853. The van der Waals surface area contributed by atoms with E-state index in [4.69, 9.17) is 4.74 Å². The van der Waals surface area contributed by atoms with Crippen molar-refractivity contribution in [2.75, 3.05) is 12.0 Å². The van der Waals surface area contributed by atoms with Crippen molar-refractivity contribution in [1.29, 1.82) is 0 Å². The maximum atomic E-state index is 14.1. The third-order valence-electron chi connectivity index (χ3n) is 6.53. The summed E-state index contributed by atoms with van der Waals surface area (Å²) in [6.45, 7) is 3.82. The highest BCUT2D eigenvalue weighted by atomic mass is 32.1. The molecule has 6 nitrogen and oxygen atoms in total. The van der Waals surface area contributed by atoms with E-state index in [-0.39, 0.29) is 5.57 Å². The lowest BCUT2D eigenvalue weighted by molar-refractivity contribution is -0.117. The lowest BCUT2D eigenvalue weighted by Gasteiger charge is -2.28. The van der Waals surface area contributed by atoms with Crippen LogP contribution in [0.25, 0.3) is 10.6 Å². The van der Waals surface area contributed by atoms with Crippen LogP contribution in [0.3, 0.4) is 0 Å². The van der Waals surface area contributed by atoms with Gasteiger partial charge < -0.3 is 9.84 Å². The zero-order chi connectivity index (χ0) is 26.1. The highest BCUT2D eigenvalue weighted by Gasteiger charge is 2.46. The first kappa shape index (κ1) is 24.5. The van der Waals surface area contributed by atoms with Crippen LogP contribution in [-0.2, 0) is 11.2 Å². The van der Waals surface area contributed by atoms with E-state index in [1.54, 1.807) is 20.1 Å². The summed E-state index contributed by atoms with van der Waals surface area (Å²) in [5, 5.41) is 11.8. The first-order chi connectivity index (χ1) is 17.9. The minimum absolute atomic E-state index is 0.0143. The third-order valence-corrected chi connectivity index (χ3v) is 7.74. The number of carbonyl (C=O) groups excluding carboxylic acids is 2. The summed E-state index contributed by atoms with van der Waals surface area (Å²) < 4.78 is 5.61. The first-order valence-electron chi connectivity index (χ1n) is 12.0. The predicted octanol–water partition coefficient (Wildman–Crippen LogP) is 6.47. The fraction of sp³-hybridized carbons (Fsp3) is 0.167. The average molecular weight is 511 g/mol. The van der Waals surface area contributed by atoms with Gasteiger partial charge in [0.2, 0.25) is 5.78 Å². The van der Waals surface area contributed by atoms with Gasteiger partial charge in [0.15, 0.2) is 5.76 Å². The second-order valence-corrected chi connectivity index (χ2v) is 9.73. The number of benzene rings is 3. The Bertz CT molecular complexity index is 1510. The smallest absolute Gasteiger partial charge is 0.294 e. The molecule has 5 rings (SSSR count). The molecule has 1 unspecified atom stereocenters. The molecular weight excluding hydrogens is 484 g/mol. The molecule has 1 aromatic heterocycles. The predicted molar refractivity (Wildman–Crippen MR) is 145 cm³/mol. The van der Waals surface area contributed by atoms with Crippen LogP contribution >= 0.6 is 11.3 Å². The van der Waals surface area contributed by atoms with E-state index in [9.17, 15) is 14.7 Å². The summed E-state index contributed by atoms with van der Waals surface area (Å²) in [6, 6.07) is 23.5. The molecule has 0 saturated heterocycles. The van der Waals surface area contributed by atoms with Crippen LogP contribution in [0.1, 0.15) is 39.5 Å². The molecule has 0 spiro atoms. The molecule has 0 radical (unpaired) electrons. The fourth-order valence-electron chi connectivity index (χ4n) is 4.62. The topological polar surface area (TPSA) is 79.7 Å². The lowest BCUT2D eigenvalue weighted by Crippen LogP contribution is -2.31. The molecule has 1 atom stereocenters. The molecule has 186 valence electrons. The second kappa shape index (κ2) is 10.0. The Labute approximate surface area is 219 Å². The van der Waals surface area contributed by atoms with Gasteiger partial charge in [-0.3, -0.25) is 14.5 Å². The number of anilines is 1. The van der Waals surface area contributed by atoms with Crippen molar-refractivity contribution in [2.24, 2.45) is 0 Å². The van der Waals surface area contributed by atoms with E-state index in [1.165, 1.54) is 16.2 Å². The Balaban J connectivity index is 1.65. The Morgan fingerprint density at radius 3 is 2.38 bits per heavy atom. The average Bonchev–Trinajstić information content (AvgIpc) is 3.45. The number of ether oxygens (including phenoxy) is 1. The Morgan fingerprint density at radius 1 is 1.03 bits per heavy atom. The molecule has 3 aromatic carbocycles. The molecule has 7 heteroatoms. The number of rotatable bonds is 7. The molecule has 0 saturated carbocycles. The third kappa shape index (κ3) is 4.32. The van der Waals surface area contributed by atoms with Crippen molar-refractivity contribution in [3.8, 4) is 16.3 Å². The number of carbonyl (C=O) groups is 2. The summed E-state index contributed by atoms with van der Waals surface area (Å²) in [5.41, 5.74) is 3.77. The molecule has 37 heavy (non-hydrogen) atoms. The van der Waals surface area contributed by atoms with Gasteiger partial charge in [-0.1, -0.05) is 67.6 Å². The standard InChI is InChI=1S/C30H26N2O4S/c1-4-19-14-16-21(17-15-19)32-25(22-12-8-9-13-23(22)36-3)24(27(34)30(32)35)26(33)28-18(2)31-29(37-28)20-10-6-5-7-11-20/h5-17,25,34H,4H2,1-3H3. The van der Waals surface area contributed by atoms with Crippen molar-refractivity contribution in [2.45, 2.75) is 26.3 Å². The number of aliphatic hydroxyl groups is 1. The summed E-state index contributed by atoms with van der Waals surface area (Å²) in [5.74, 6) is -1.10. The van der Waals surface area contributed by atoms with Crippen molar-refractivity contribution in [1.82, 2.24) is 4.98 Å². The van der Waals surface area contributed by atoms with Gasteiger partial charge in [-0.25, -0.2) is 4.98 Å². The van der Waals surface area contributed by atoms with Crippen molar-refractivity contribution >= 4 is 28.7 Å². The molecule has 4 aromatic rings. The van der Waals surface area contributed by atoms with E-state index in [2.05, 4.69) is 11.9 Å². The molecular formula is C30H26N2O4S. The summed E-state index contributed by atoms with van der Waals surface area (Å²) >= 11 is 1.25. The highest BCUT2D eigenvalue weighted by molar-refractivity contribution is 7.17. The normalized spacial score (nSPS) is 15.4. The van der Waals surface area contributed by atoms with Crippen LogP contribution in [0.4, 0.5) is 5.69 Å². The van der Waals surface area contributed by atoms with Gasteiger partial charge in [-0.05, 0) is 37.1 Å². The summed E-state index contributed by atoms with van der Waals surface area (Å²) in [4.78, 5) is 34.0. The number of hydrogen-bond acceptors (Lipinski definition) is 6. The maximum Gasteiger partial charge on any atom is 0.294 e. The minimum Gasteiger partial charge on any atom is -0.503 e. The van der Waals surface area contributed by atoms with Crippen LogP contribution < -0.4 is 9.64 Å². The molecule has 0 bridgehead atoms. The Morgan fingerprint density at radius 2 is 1.70 bits per heavy atom. The van der Waals surface area contributed by atoms with E-state index in [0.29, 0.717) is 32.6 Å². The number of ketones is 1. The number of nitrogens with zero attached hydrogens (tertiary/aromatic N) is 2. The highest BCUT2D eigenvalue weighted by Crippen LogP contribution is 2.45. The Hall–Kier alpha value is -4.23. The maximum absolute atomic E-state index is 14.1. The number of aryl methyl sites for hydroxylation is 2. The zero-order valence-electron chi connectivity index (χ0n) is 20.8. The molecule has 0 fully saturated rings. The number of thiazole rings is 1. The number of Topliss-reactive ketones (excluding diaryl/α,β-unsaturated/α-hetero) is 1. The van der Waals surface area contributed by atoms with Crippen molar-refractivity contribution in [3.63, 3.8) is 0 Å². The van der Waals surface area contributed by atoms with Gasteiger partial charge in [0, 0.05) is 16.8 Å². The monoisotopic (exact) mass is 510 g/mol. The lowest BCUT2D eigenvalue weighted by atomic mass is 9.94. The number of methoxy groups -OCH3 is 1. The Kier molecular flexibility index (Phi) is 6.63. The second-order valence-electron chi connectivity index (χ2n) is 8.73.